The van der Waals surface area contributed by atoms with Gasteiger partial charge in [-0.25, -0.2) is 0 Å². The molecule has 0 aromatic carbocycles. The Kier molecular flexibility index (Phi) is 4.95. The first-order chi connectivity index (χ1) is 7.90. The Morgan fingerprint density at radius 3 is 2.53 bits per heavy atom. The molecule has 0 bridgehead atoms. The molecule has 1 unspecified atom stereocenters. The van der Waals surface area contributed by atoms with E-state index in [2.05, 4.69) is 5.32 Å². The summed E-state index contributed by atoms with van der Waals surface area (Å²) in [5.41, 5.74) is -0.481. The number of esters is 1. The van der Waals surface area contributed by atoms with Crippen LogP contribution in [0.2, 0.25) is 0 Å². The van der Waals surface area contributed by atoms with E-state index in [1.54, 1.807) is 0 Å². The Hall–Kier alpha value is -0.610. The lowest BCUT2D eigenvalue weighted by molar-refractivity contribution is -0.158. The zero-order valence-corrected chi connectivity index (χ0v) is 11.5. The molecule has 4 heteroatoms. The average molecular weight is 243 g/mol. The van der Waals surface area contributed by atoms with Gasteiger partial charge in [0.15, 0.2) is 0 Å². The van der Waals surface area contributed by atoms with E-state index in [1.165, 1.54) is 0 Å². The van der Waals surface area contributed by atoms with Crippen molar-refractivity contribution >= 4 is 5.97 Å². The molecule has 1 heterocycles. The first-order valence-corrected chi connectivity index (χ1v) is 6.41. The van der Waals surface area contributed by atoms with Crippen molar-refractivity contribution in [3.05, 3.63) is 0 Å². The third kappa shape index (κ3) is 4.28. The van der Waals surface area contributed by atoms with Crippen molar-refractivity contribution in [2.75, 3.05) is 26.3 Å². The van der Waals surface area contributed by atoms with Gasteiger partial charge >= 0.3 is 5.97 Å². The smallest absolute Gasteiger partial charge is 0.313 e. The minimum atomic E-state index is -0.304. The Morgan fingerprint density at radius 1 is 1.35 bits per heavy atom. The number of carbonyl (C=O) groups is 1. The van der Waals surface area contributed by atoms with E-state index < -0.39 is 0 Å². The van der Waals surface area contributed by atoms with Crippen LogP contribution >= 0.6 is 0 Å². The molecule has 4 nitrogen and oxygen atoms in total. The molecule has 100 valence electrons. The quantitative estimate of drug-likeness (QED) is 0.590. The molecule has 0 amide bonds. The molecule has 0 saturated carbocycles. The van der Waals surface area contributed by atoms with E-state index in [0.29, 0.717) is 13.2 Å². The van der Waals surface area contributed by atoms with E-state index >= 15 is 0 Å². The van der Waals surface area contributed by atoms with Crippen LogP contribution < -0.4 is 5.32 Å². The van der Waals surface area contributed by atoms with Gasteiger partial charge < -0.3 is 14.8 Å². The molecular weight excluding hydrogens is 218 g/mol. The minimum Gasteiger partial charge on any atom is -0.463 e. The lowest BCUT2D eigenvalue weighted by Gasteiger charge is -2.25. The highest BCUT2D eigenvalue weighted by molar-refractivity contribution is 5.77. The average Bonchev–Trinajstić information content (AvgIpc) is 2.72. The monoisotopic (exact) mass is 243 g/mol. The molecule has 0 spiro atoms. The number of ether oxygens (including phenoxy) is 2. The molecule has 1 fully saturated rings. The van der Waals surface area contributed by atoms with Crippen molar-refractivity contribution in [2.24, 2.45) is 5.41 Å². The molecule has 0 aromatic rings. The number of rotatable bonds is 5. The summed E-state index contributed by atoms with van der Waals surface area (Å²) in [5, 5.41) is 3.23. The van der Waals surface area contributed by atoms with Gasteiger partial charge in [-0.1, -0.05) is 6.92 Å². The third-order valence-corrected chi connectivity index (χ3v) is 3.21. The number of hydrogen-bond donors (Lipinski definition) is 1. The summed E-state index contributed by atoms with van der Waals surface area (Å²) in [4.78, 5) is 12.0. The van der Waals surface area contributed by atoms with Gasteiger partial charge in [0.2, 0.25) is 0 Å². The van der Waals surface area contributed by atoms with Gasteiger partial charge in [-0.3, -0.25) is 4.79 Å². The maximum atomic E-state index is 12.0. The predicted molar refractivity (Wildman–Crippen MR) is 66.9 cm³/mol. The number of hydrogen-bond acceptors (Lipinski definition) is 4. The summed E-state index contributed by atoms with van der Waals surface area (Å²) in [6.45, 7) is 10.5. The third-order valence-electron chi connectivity index (χ3n) is 3.21. The Balaban J connectivity index is 2.29. The molecule has 1 aliphatic rings. The van der Waals surface area contributed by atoms with E-state index in [0.717, 1.165) is 25.9 Å². The molecule has 1 saturated heterocycles. The van der Waals surface area contributed by atoms with E-state index in [9.17, 15) is 4.79 Å². The highest BCUT2D eigenvalue weighted by Crippen LogP contribution is 2.30. The van der Waals surface area contributed by atoms with Gasteiger partial charge in [0.25, 0.3) is 0 Å². The first kappa shape index (κ1) is 14.5. The fraction of sp³-hybridized carbons (Fsp3) is 0.923. The van der Waals surface area contributed by atoms with Crippen molar-refractivity contribution < 1.29 is 14.3 Å². The van der Waals surface area contributed by atoms with Crippen molar-refractivity contribution in [1.82, 2.24) is 5.32 Å². The molecule has 1 aliphatic heterocycles. The second kappa shape index (κ2) is 5.83. The minimum absolute atomic E-state index is 0.0810. The summed E-state index contributed by atoms with van der Waals surface area (Å²) >= 11 is 0. The van der Waals surface area contributed by atoms with Crippen LogP contribution in [-0.4, -0.2) is 37.9 Å². The fourth-order valence-electron chi connectivity index (χ4n) is 2.00. The molecule has 1 rings (SSSR count). The molecule has 1 N–H and O–H groups in total. The molecule has 0 aromatic heterocycles. The summed E-state index contributed by atoms with van der Waals surface area (Å²) in [6.07, 6.45) is 1.71. The normalized spacial score (nSPS) is 24.9. The van der Waals surface area contributed by atoms with Crippen LogP contribution in [0.5, 0.6) is 0 Å². The molecule has 1 atom stereocenters. The van der Waals surface area contributed by atoms with Crippen LogP contribution in [0.25, 0.3) is 0 Å². The summed E-state index contributed by atoms with van der Waals surface area (Å²) < 4.78 is 10.8. The SMILES string of the molecule is CCC1(C(=O)OCCOC(C)(C)C)CCNC1. The summed E-state index contributed by atoms with van der Waals surface area (Å²) in [5.74, 6) is -0.0810. The van der Waals surface area contributed by atoms with Gasteiger partial charge in [-0.15, -0.1) is 0 Å². The van der Waals surface area contributed by atoms with Gasteiger partial charge in [-0.2, -0.15) is 0 Å². The van der Waals surface area contributed by atoms with E-state index in [4.69, 9.17) is 9.47 Å². The van der Waals surface area contributed by atoms with Crippen LogP contribution in [-0.2, 0) is 14.3 Å². The summed E-state index contributed by atoms with van der Waals surface area (Å²) in [7, 11) is 0. The highest BCUT2D eigenvalue weighted by Gasteiger charge is 2.40. The zero-order valence-electron chi connectivity index (χ0n) is 11.5. The first-order valence-electron chi connectivity index (χ1n) is 6.41. The Bertz CT molecular complexity index is 252. The summed E-state index contributed by atoms with van der Waals surface area (Å²) in [6, 6.07) is 0. The maximum Gasteiger partial charge on any atom is 0.313 e. The molecule has 0 radical (unpaired) electrons. The standard InChI is InChI=1S/C13H25NO3/c1-5-13(6-7-14-10-13)11(15)16-8-9-17-12(2,3)4/h14H,5-10H2,1-4H3. The van der Waals surface area contributed by atoms with E-state index in [-0.39, 0.29) is 17.0 Å². The van der Waals surface area contributed by atoms with Crippen molar-refractivity contribution in [2.45, 2.75) is 46.1 Å². The van der Waals surface area contributed by atoms with Gasteiger partial charge in [0, 0.05) is 6.54 Å². The van der Waals surface area contributed by atoms with Crippen LogP contribution in [0.1, 0.15) is 40.5 Å². The highest BCUT2D eigenvalue weighted by atomic mass is 16.6. The molecule has 0 aliphatic carbocycles. The molecular formula is C13H25NO3. The lowest BCUT2D eigenvalue weighted by Crippen LogP contribution is -2.35. The van der Waals surface area contributed by atoms with Crippen molar-refractivity contribution in [3.63, 3.8) is 0 Å². The number of carbonyl (C=O) groups excluding carboxylic acids is 1. The second-order valence-corrected chi connectivity index (χ2v) is 5.66. The van der Waals surface area contributed by atoms with Crippen LogP contribution in [0.15, 0.2) is 0 Å². The Labute approximate surface area is 104 Å². The van der Waals surface area contributed by atoms with Crippen LogP contribution in [0.4, 0.5) is 0 Å². The van der Waals surface area contributed by atoms with Crippen LogP contribution in [0.3, 0.4) is 0 Å². The maximum absolute atomic E-state index is 12.0. The topological polar surface area (TPSA) is 47.6 Å². The largest absolute Gasteiger partial charge is 0.463 e. The van der Waals surface area contributed by atoms with E-state index in [1.807, 2.05) is 27.7 Å². The van der Waals surface area contributed by atoms with Gasteiger partial charge in [-0.05, 0) is 40.2 Å². The van der Waals surface area contributed by atoms with Crippen LogP contribution in [0, 0.1) is 5.41 Å². The number of nitrogens with one attached hydrogen (secondary N) is 1. The second-order valence-electron chi connectivity index (χ2n) is 5.66. The predicted octanol–water partition coefficient (Wildman–Crippen LogP) is 1.73. The lowest BCUT2D eigenvalue weighted by atomic mass is 9.84. The van der Waals surface area contributed by atoms with Gasteiger partial charge in [0.05, 0.1) is 17.6 Å². The zero-order chi connectivity index (χ0) is 12.9. The fourth-order valence-corrected chi connectivity index (χ4v) is 2.00. The Morgan fingerprint density at radius 2 is 2.06 bits per heavy atom. The van der Waals surface area contributed by atoms with Crippen molar-refractivity contribution in [1.29, 1.82) is 0 Å². The van der Waals surface area contributed by atoms with Crippen molar-refractivity contribution in [3.8, 4) is 0 Å². The van der Waals surface area contributed by atoms with Gasteiger partial charge in [0.1, 0.15) is 6.61 Å². The molecule has 17 heavy (non-hydrogen) atoms.